The molecular weight excluding hydrogens is 474 g/mol. The third-order valence-electron chi connectivity index (χ3n) is 8.45. The Bertz CT molecular complexity index is 2060. The molecule has 2 nitrogen and oxygen atoms in total. The molecule has 0 amide bonds. The van der Waals surface area contributed by atoms with Crippen molar-refractivity contribution in [3.05, 3.63) is 132 Å². The van der Waals surface area contributed by atoms with Crippen molar-refractivity contribution >= 4 is 44.1 Å². The van der Waals surface area contributed by atoms with Crippen LogP contribution in [0.4, 0.5) is 11.4 Å². The van der Waals surface area contributed by atoms with E-state index in [4.69, 9.17) is 4.42 Å². The number of furan rings is 1. The maximum atomic E-state index is 6.82. The fourth-order valence-corrected chi connectivity index (χ4v) is 6.58. The molecule has 0 atom stereocenters. The lowest BCUT2D eigenvalue weighted by Crippen LogP contribution is -2.14. The van der Waals surface area contributed by atoms with Gasteiger partial charge in [0.25, 0.3) is 0 Å². The number of rotatable bonds is 3. The predicted octanol–water partition coefficient (Wildman–Crippen LogP) is 10.5. The van der Waals surface area contributed by atoms with Gasteiger partial charge in [-0.3, -0.25) is 0 Å². The van der Waals surface area contributed by atoms with Gasteiger partial charge in [-0.1, -0.05) is 117 Å². The average molecular weight is 502 g/mol. The average Bonchev–Trinajstić information content (AvgIpc) is 3.48. The number of hydrogen-bond donors (Lipinski definition) is 1. The molecule has 6 aromatic carbocycles. The number of hydrogen-bond acceptors (Lipinski definition) is 2. The summed E-state index contributed by atoms with van der Waals surface area (Å²) in [5.41, 5.74) is 11.4. The Labute approximate surface area is 227 Å². The summed E-state index contributed by atoms with van der Waals surface area (Å²) in [6, 6.07) is 43.2. The van der Waals surface area contributed by atoms with Crippen LogP contribution >= 0.6 is 0 Å². The molecule has 0 saturated heterocycles. The van der Waals surface area contributed by atoms with Crippen molar-refractivity contribution in [1.82, 2.24) is 0 Å². The quantitative estimate of drug-likeness (QED) is 0.260. The molecule has 186 valence electrons. The highest BCUT2D eigenvalue weighted by Gasteiger charge is 2.36. The van der Waals surface area contributed by atoms with Crippen molar-refractivity contribution in [1.29, 1.82) is 0 Å². The third-order valence-corrected chi connectivity index (χ3v) is 8.45. The van der Waals surface area contributed by atoms with Crippen molar-refractivity contribution in [2.24, 2.45) is 0 Å². The minimum absolute atomic E-state index is 0.0432. The standard InChI is InChI=1S/C37H27NO/c1-37(2)29-18-9-8-16-26(29)34-30(37)19-11-20-31(34)38-32-21-10-17-27-33-25-15-7-6-14-24(25)22-28(36(33)39-35(27)32)23-12-4-3-5-13-23/h3-22,38H,1-2H3. The summed E-state index contributed by atoms with van der Waals surface area (Å²) in [6.07, 6.45) is 0. The van der Waals surface area contributed by atoms with Crippen molar-refractivity contribution in [2.75, 3.05) is 5.32 Å². The first-order chi connectivity index (χ1) is 19.1. The molecule has 1 aliphatic carbocycles. The van der Waals surface area contributed by atoms with Crippen LogP contribution in [0.5, 0.6) is 0 Å². The Kier molecular flexibility index (Phi) is 4.60. The van der Waals surface area contributed by atoms with Gasteiger partial charge >= 0.3 is 0 Å². The van der Waals surface area contributed by atoms with Crippen LogP contribution in [0.15, 0.2) is 126 Å². The first-order valence-corrected chi connectivity index (χ1v) is 13.5. The van der Waals surface area contributed by atoms with E-state index in [0.29, 0.717) is 0 Å². The summed E-state index contributed by atoms with van der Waals surface area (Å²) >= 11 is 0. The molecule has 0 fully saturated rings. The van der Waals surface area contributed by atoms with Gasteiger partial charge in [0, 0.05) is 33.0 Å². The molecular formula is C37H27NO. The van der Waals surface area contributed by atoms with Crippen LogP contribution in [0.3, 0.4) is 0 Å². The van der Waals surface area contributed by atoms with Gasteiger partial charge in [0.2, 0.25) is 0 Å². The summed E-state index contributed by atoms with van der Waals surface area (Å²) in [5.74, 6) is 0. The first kappa shape index (κ1) is 22.2. The third kappa shape index (κ3) is 3.15. The number of fused-ring (bicyclic) bond motifs is 8. The molecule has 1 heterocycles. The van der Waals surface area contributed by atoms with E-state index in [1.165, 1.54) is 33.0 Å². The lowest BCUT2D eigenvalue weighted by atomic mass is 9.82. The zero-order valence-electron chi connectivity index (χ0n) is 22.0. The molecule has 2 heteroatoms. The molecule has 8 rings (SSSR count). The van der Waals surface area contributed by atoms with Gasteiger partial charge in [-0.2, -0.15) is 0 Å². The smallest absolute Gasteiger partial charge is 0.158 e. The zero-order valence-corrected chi connectivity index (χ0v) is 22.0. The van der Waals surface area contributed by atoms with Crippen molar-refractivity contribution in [2.45, 2.75) is 19.3 Å². The molecule has 0 unspecified atom stereocenters. The Morgan fingerprint density at radius 2 is 1.26 bits per heavy atom. The van der Waals surface area contributed by atoms with Gasteiger partial charge in [0.05, 0.1) is 5.69 Å². The number of nitrogens with one attached hydrogen (secondary N) is 1. The van der Waals surface area contributed by atoms with Gasteiger partial charge in [0.15, 0.2) is 5.58 Å². The van der Waals surface area contributed by atoms with Gasteiger partial charge in [-0.05, 0) is 51.2 Å². The minimum atomic E-state index is -0.0432. The second-order valence-electron chi connectivity index (χ2n) is 11.0. The normalized spacial score (nSPS) is 13.6. The van der Waals surface area contributed by atoms with E-state index in [0.717, 1.165) is 44.4 Å². The second-order valence-corrected chi connectivity index (χ2v) is 11.0. The maximum Gasteiger partial charge on any atom is 0.158 e. The predicted molar refractivity (Wildman–Crippen MR) is 164 cm³/mol. The molecule has 1 N–H and O–H groups in total. The second kappa shape index (κ2) is 8.09. The van der Waals surface area contributed by atoms with Crippen LogP contribution in [0.25, 0.3) is 55.0 Å². The molecule has 39 heavy (non-hydrogen) atoms. The lowest BCUT2D eigenvalue weighted by molar-refractivity contribution is 0.660. The van der Waals surface area contributed by atoms with Crippen molar-refractivity contribution in [3.63, 3.8) is 0 Å². The number of anilines is 2. The summed E-state index contributed by atoms with van der Waals surface area (Å²) in [6.45, 7) is 4.63. The largest absolute Gasteiger partial charge is 0.453 e. The highest BCUT2D eigenvalue weighted by molar-refractivity contribution is 6.24. The fraction of sp³-hybridized carbons (Fsp3) is 0.0811. The van der Waals surface area contributed by atoms with Crippen LogP contribution in [0.2, 0.25) is 0 Å². The SMILES string of the molecule is CC1(C)c2ccccc2-c2c(Nc3cccc4c3oc3c(-c5ccccc5)cc5ccccc5c34)cccc21. The van der Waals surface area contributed by atoms with Crippen LogP contribution in [-0.4, -0.2) is 0 Å². The van der Waals surface area contributed by atoms with Crippen molar-refractivity contribution < 1.29 is 4.42 Å². The molecule has 0 radical (unpaired) electrons. The first-order valence-electron chi connectivity index (χ1n) is 13.5. The van der Waals surface area contributed by atoms with Gasteiger partial charge < -0.3 is 9.73 Å². The Morgan fingerprint density at radius 3 is 2.15 bits per heavy atom. The summed E-state index contributed by atoms with van der Waals surface area (Å²) in [7, 11) is 0. The van der Waals surface area contributed by atoms with E-state index < -0.39 is 0 Å². The minimum Gasteiger partial charge on any atom is -0.453 e. The number of benzene rings is 6. The van der Waals surface area contributed by atoms with E-state index in [9.17, 15) is 0 Å². The molecule has 0 aliphatic heterocycles. The molecule has 1 aliphatic rings. The molecule has 1 aromatic heterocycles. The van der Waals surface area contributed by atoms with Crippen LogP contribution in [0, 0.1) is 0 Å². The topological polar surface area (TPSA) is 25.2 Å². The highest BCUT2D eigenvalue weighted by Crippen LogP contribution is 2.52. The van der Waals surface area contributed by atoms with Crippen LogP contribution in [-0.2, 0) is 5.41 Å². The summed E-state index contributed by atoms with van der Waals surface area (Å²) in [4.78, 5) is 0. The van der Waals surface area contributed by atoms with Crippen LogP contribution < -0.4 is 5.32 Å². The van der Waals surface area contributed by atoms with Crippen LogP contribution in [0.1, 0.15) is 25.0 Å². The van der Waals surface area contributed by atoms with E-state index in [2.05, 4.69) is 140 Å². The van der Waals surface area contributed by atoms with E-state index in [1.807, 2.05) is 0 Å². The molecule has 0 bridgehead atoms. The maximum absolute atomic E-state index is 6.82. The highest BCUT2D eigenvalue weighted by atomic mass is 16.3. The summed E-state index contributed by atoms with van der Waals surface area (Å²) in [5, 5.41) is 8.51. The Morgan fingerprint density at radius 1 is 0.564 bits per heavy atom. The lowest BCUT2D eigenvalue weighted by Gasteiger charge is -2.21. The fourth-order valence-electron chi connectivity index (χ4n) is 6.58. The van der Waals surface area contributed by atoms with E-state index in [1.54, 1.807) is 0 Å². The molecule has 0 spiro atoms. The van der Waals surface area contributed by atoms with E-state index >= 15 is 0 Å². The van der Waals surface area contributed by atoms with Gasteiger partial charge in [-0.15, -0.1) is 0 Å². The number of para-hydroxylation sites is 1. The molecule has 0 saturated carbocycles. The monoisotopic (exact) mass is 501 g/mol. The summed E-state index contributed by atoms with van der Waals surface area (Å²) < 4.78 is 6.82. The Balaban J connectivity index is 1.38. The van der Waals surface area contributed by atoms with Gasteiger partial charge in [0.1, 0.15) is 5.58 Å². The zero-order chi connectivity index (χ0) is 26.1. The van der Waals surface area contributed by atoms with Gasteiger partial charge in [-0.25, -0.2) is 0 Å². The van der Waals surface area contributed by atoms with Crippen molar-refractivity contribution in [3.8, 4) is 22.3 Å². The Hall–Kier alpha value is -4.82. The van der Waals surface area contributed by atoms with E-state index in [-0.39, 0.29) is 5.41 Å². The molecule has 7 aromatic rings.